The van der Waals surface area contributed by atoms with Gasteiger partial charge in [0.05, 0.1) is 5.41 Å². The van der Waals surface area contributed by atoms with Crippen LogP contribution in [0.5, 0.6) is 0 Å². The minimum atomic E-state index is -0.796. The van der Waals surface area contributed by atoms with E-state index in [2.05, 4.69) is 15.5 Å². The zero-order valence-electron chi connectivity index (χ0n) is 12.3. The lowest BCUT2D eigenvalue weighted by Gasteiger charge is -2.36. The van der Waals surface area contributed by atoms with E-state index in [1.807, 2.05) is 0 Å². The van der Waals surface area contributed by atoms with Crippen molar-refractivity contribution in [1.82, 2.24) is 20.4 Å². The molecule has 0 atom stereocenters. The molecule has 8 heteroatoms. The van der Waals surface area contributed by atoms with Crippen LogP contribution in [0.25, 0.3) is 0 Å². The third-order valence-corrected chi connectivity index (χ3v) is 3.86. The number of amides is 2. The molecular weight excluding hydrogens is 276 g/mol. The van der Waals surface area contributed by atoms with Gasteiger partial charge in [-0.2, -0.15) is 4.98 Å². The van der Waals surface area contributed by atoms with Gasteiger partial charge in [-0.25, -0.2) is 4.79 Å². The van der Waals surface area contributed by atoms with Gasteiger partial charge in [-0.1, -0.05) is 5.16 Å². The molecular formula is C13H20N4O4. The molecule has 0 bridgehead atoms. The van der Waals surface area contributed by atoms with Crippen LogP contribution in [-0.4, -0.2) is 51.8 Å². The largest absolute Gasteiger partial charge is 0.481 e. The molecule has 2 N–H and O–H groups in total. The number of carbonyl (C=O) groups is 2. The van der Waals surface area contributed by atoms with Gasteiger partial charge in [0.15, 0.2) is 5.82 Å². The highest BCUT2D eigenvalue weighted by atomic mass is 16.5. The molecule has 2 rings (SSSR count). The van der Waals surface area contributed by atoms with Crippen LogP contribution < -0.4 is 5.32 Å². The number of carboxylic acid groups (broad SMARTS) is 1. The molecule has 2 amide bonds. The normalized spacial score (nSPS) is 17.5. The summed E-state index contributed by atoms with van der Waals surface area (Å²) < 4.78 is 4.84. The fourth-order valence-corrected chi connectivity index (χ4v) is 2.25. The summed E-state index contributed by atoms with van der Waals surface area (Å²) in [6.07, 6.45) is 1.45. The molecule has 0 aliphatic carbocycles. The van der Waals surface area contributed by atoms with Crippen molar-refractivity contribution in [2.24, 2.45) is 5.41 Å². The van der Waals surface area contributed by atoms with E-state index >= 15 is 0 Å². The maximum Gasteiger partial charge on any atom is 0.317 e. The van der Waals surface area contributed by atoms with E-state index in [-0.39, 0.29) is 6.03 Å². The number of rotatable bonds is 4. The van der Waals surface area contributed by atoms with Crippen molar-refractivity contribution in [3.05, 3.63) is 11.7 Å². The van der Waals surface area contributed by atoms with E-state index in [4.69, 9.17) is 9.63 Å². The van der Waals surface area contributed by atoms with Gasteiger partial charge in [0.2, 0.25) is 5.89 Å². The number of likely N-dealkylation sites (tertiary alicyclic amines) is 1. The first kappa shape index (κ1) is 15.3. The van der Waals surface area contributed by atoms with Crippen molar-refractivity contribution in [3.8, 4) is 0 Å². The van der Waals surface area contributed by atoms with Crippen molar-refractivity contribution >= 4 is 12.0 Å². The number of nitrogens with zero attached hydrogens (tertiary/aromatic N) is 3. The molecule has 1 aliphatic rings. The number of aromatic nitrogens is 2. The number of carboxylic acids is 1. The van der Waals surface area contributed by atoms with Gasteiger partial charge in [0.25, 0.3) is 0 Å². The summed E-state index contributed by atoms with van der Waals surface area (Å²) in [7, 11) is 0. The third-order valence-electron chi connectivity index (χ3n) is 3.86. The highest BCUT2D eigenvalue weighted by molar-refractivity contribution is 5.76. The summed E-state index contributed by atoms with van der Waals surface area (Å²) in [4.78, 5) is 28.8. The standard InChI is InChI=1S/C13H20N4O4/c1-9-15-10(16-21-9)3-6-14-12(20)17-7-4-13(2,5-8-17)11(18)19/h3-8H2,1-2H3,(H,14,20)(H,18,19). The number of aryl methyl sites for hydroxylation is 1. The monoisotopic (exact) mass is 296 g/mol. The van der Waals surface area contributed by atoms with Crippen LogP contribution in [0.4, 0.5) is 4.79 Å². The number of nitrogens with one attached hydrogen (secondary N) is 1. The van der Waals surface area contributed by atoms with Gasteiger partial charge in [0.1, 0.15) is 0 Å². The highest BCUT2D eigenvalue weighted by Crippen LogP contribution is 2.30. The van der Waals surface area contributed by atoms with Crippen LogP contribution in [-0.2, 0) is 11.2 Å². The smallest absolute Gasteiger partial charge is 0.317 e. The second kappa shape index (κ2) is 6.11. The van der Waals surface area contributed by atoms with Gasteiger partial charge in [-0.3, -0.25) is 4.79 Å². The maximum atomic E-state index is 12.0. The summed E-state index contributed by atoms with van der Waals surface area (Å²) >= 11 is 0. The van der Waals surface area contributed by atoms with Gasteiger partial charge in [-0.05, 0) is 19.8 Å². The quantitative estimate of drug-likeness (QED) is 0.851. The molecule has 21 heavy (non-hydrogen) atoms. The summed E-state index contributed by atoms with van der Waals surface area (Å²) in [5.74, 6) is 0.264. The van der Waals surface area contributed by atoms with Crippen LogP contribution in [0, 0.1) is 12.3 Å². The fraction of sp³-hybridized carbons (Fsp3) is 0.692. The van der Waals surface area contributed by atoms with E-state index in [0.29, 0.717) is 50.6 Å². The Morgan fingerprint density at radius 1 is 1.43 bits per heavy atom. The molecule has 1 aromatic rings. The molecule has 1 aromatic heterocycles. The minimum absolute atomic E-state index is 0.178. The van der Waals surface area contributed by atoms with Crippen LogP contribution in [0.1, 0.15) is 31.5 Å². The lowest BCUT2D eigenvalue weighted by Crippen LogP contribution is -2.49. The van der Waals surface area contributed by atoms with Crippen molar-refractivity contribution in [2.75, 3.05) is 19.6 Å². The van der Waals surface area contributed by atoms with Crippen LogP contribution in [0.2, 0.25) is 0 Å². The second-order valence-corrected chi connectivity index (χ2v) is 5.56. The van der Waals surface area contributed by atoms with E-state index in [9.17, 15) is 9.59 Å². The molecule has 8 nitrogen and oxygen atoms in total. The number of hydrogen-bond acceptors (Lipinski definition) is 5. The Balaban J connectivity index is 1.74. The number of aliphatic carboxylic acids is 1. The molecule has 1 fully saturated rings. The van der Waals surface area contributed by atoms with E-state index in [0.717, 1.165) is 0 Å². The average molecular weight is 296 g/mol. The first-order valence-electron chi connectivity index (χ1n) is 6.96. The van der Waals surface area contributed by atoms with E-state index in [1.54, 1.807) is 18.7 Å². The fourth-order valence-electron chi connectivity index (χ4n) is 2.25. The molecule has 0 saturated carbocycles. The average Bonchev–Trinajstić information content (AvgIpc) is 2.85. The van der Waals surface area contributed by atoms with Crippen LogP contribution >= 0.6 is 0 Å². The SMILES string of the molecule is Cc1nc(CCNC(=O)N2CCC(C)(C(=O)O)CC2)no1. The highest BCUT2D eigenvalue weighted by Gasteiger charge is 2.37. The Morgan fingerprint density at radius 2 is 2.10 bits per heavy atom. The third kappa shape index (κ3) is 3.71. The van der Waals surface area contributed by atoms with Crippen LogP contribution in [0.3, 0.4) is 0 Å². The number of carbonyl (C=O) groups excluding carboxylic acids is 1. The van der Waals surface area contributed by atoms with Crippen molar-refractivity contribution in [2.45, 2.75) is 33.1 Å². The van der Waals surface area contributed by atoms with E-state index < -0.39 is 11.4 Å². The van der Waals surface area contributed by atoms with Crippen molar-refractivity contribution < 1.29 is 19.2 Å². The molecule has 0 radical (unpaired) electrons. The number of urea groups is 1. The lowest BCUT2D eigenvalue weighted by molar-refractivity contribution is -0.150. The Kier molecular flexibility index (Phi) is 4.44. The lowest BCUT2D eigenvalue weighted by atomic mass is 9.80. The number of piperidine rings is 1. The summed E-state index contributed by atoms with van der Waals surface area (Å²) in [5, 5.41) is 15.7. The first-order chi connectivity index (χ1) is 9.90. The molecule has 2 heterocycles. The molecule has 0 spiro atoms. The molecule has 116 valence electrons. The minimum Gasteiger partial charge on any atom is -0.481 e. The molecule has 0 unspecified atom stereocenters. The van der Waals surface area contributed by atoms with Gasteiger partial charge >= 0.3 is 12.0 Å². The topological polar surface area (TPSA) is 109 Å². The van der Waals surface area contributed by atoms with Crippen molar-refractivity contribution in [3.63, 3.8) is 0 Å². The first-order valence-corrected chi connectivity index (χ1v) is 6.96. The zero-order valence-corrected chi connectivity index (χ0v) is 12.3. The number of hydrogen-bond donors (Lipinski definition) is 2. The predicted octanol–water partition coefficient (Wildman–Crippen LogP) is 0.817. The van der Waals surface area contributed by atoms with E-state index in [1.165, 1.54) is 0 Å². The van der Waals surface area contributed by atoms with Gasteiger partial charge < -0.3 is 19.8 Å². The second-order valence-electron chi connectivity index (χ2n) is 5.56. The molecule has 0 aromatic carbocycles. The summed E-state index contributed by atoms with van der Waals surface area (Å²) in [5.41, 5.74) is -0.723. The molecule has 1 aliphatic heterocycles. The zero-order chi connectivity index (χ0) is 15.5. The predicted molar refractivity (Wildman–Crippen MR) is 72.7 cm³/mol. The maximum absolute atomic E-state index is 12.0. The van der Waals surface area contributed by atoms with Crippen molar-refractivity contribution in [1.29, 1.82) is 0 Å². The molecule has 1 saturated heterocycles. The summed E-state index contributed by atoms with van der Waals surface area (Å²) in [6, 6.07) is -0.178. The van der Waals surface area contributed by atoms with Gasteiger partial charge in [-0.15, -0.1) is 0 Å². The Labute approximate surface area is 122 Å². The van der Waals surface area contributed by atoms with Crippen LogP contribution in [0.15, 0.2) is 4.52 Å². The Morgan fingerprint density at radius 3 is 2.62 bits per heavy atom. The van der Waals surface area contributed by atoms with Gasteiger partial charge in [0, 0.05) is 33.0 Å². The Hall–Kier alpha value is -2.12. The Bertz CT molecular complexity index is 520. The summed E-state index contributed by atoms with van der Waals surface area (Å²) in [6.45, 7) is 4.77.